The number of nitrogens with zero attached hydrogens (tertiary/aromatic N) is 2. The Bertz CT molecular complexity index is 2160. The van der Waals surface area contributed by atoms with Crippen LogP contribution in [0.4, 0.5) is 5.69 Å². The molecule has 400 valence electrons. The van der Waals surface area contributed by atoms with E-state index >= 15 is 0 Å². The number of rotatable bonds is 13. The zero-order valence-corrected chi connectivity index (χ0v) is 44.1. The highest BCUT2D eigenvalue weighted by molar-refractivity contribution is 6.40. The fourth-order valence-corrected chi connectivity index (χ4v) is 8.28. The quantitative estimate of drug-likeness (QED) is 0.130. The van der Waals surface area contributed by atoms with Gasteiger partial charge in [0.2, 0.25) is 53.2 Å². The Labute approximate surface area is 423 Å². The molecule has 1 aromatic carbocycles. The van der Waals surface area contributed by atoms with Gasteiger partial charge in [-0.25, -0.2) is 5.01 Å². The van der Waals surface area contributed by atoms with Gasteiger partial charge in [-0.05, 0) is 95.1 Å². The smallest absolute Gasteiger partial charge is 0.267 e. The lowest BCUT2D eigenvalue weighted by molar-refractivity contribution is -0.138. The molecule has 22 nitrogen and oxygen atoms in total. The molecule has 0 saturated carbocycles. The highest BCUT2D eigenvalue weighted by Gasteiger charge is 2.47. The number of hydrogen-bond acceptors (Lipinski definition) is 12. The Morgan fingerprint density at radius 2 is 1.40 bits per heavy atom. The summed E-state index contributed by atoms with van der Waals surface area (Å²) >= 11 is 0. The second-order valence-corrected chi connectivity index (χ2v) is 21.1. The summed E-state index contributed by atoms with van der Waals surface area (Å²) in [6.45, 7) is 19.9. The van der Waals surface area contributed by atoms with Crippen LogP contribution in [0.3, 0.4) is 0 Å². The maximum absolute atomic E-state index is 14.3. The van der Waals surface area contributed by atoms with Crippen LogP contribution in [0.2, 0.25) is 0 Å². The van der Waals surface area contributed by atoms with Gasteiger partial charge in [0.15, 0.2) is 0 Å². The molecular weight excluding hydrogens is 929 g/mol. The molecule has 2 aliphatic rings. The highest BCUT2D eigenvalue weighted by Crippen LogP contribution is 2.33. The number of anilines is 1. The number of amides is 10. The molecule has 2 aliphatic heterocycles. The first-order chi connectivity index (χ1) is 33.6. The largest absolute Gasteiger partial charge is 0.368 e. The fourth-order valence-electron chi connectivity index (χ4n) is 8.28. The number of nitrogens with two attached hydrogens (primary N) is 1. The van der Waals surface area contributed by atoms with Gasteiger partial charge in [-0.3, -0.25) is 47.9 Å². The van der Waals surface area contributed by atoms with Crippen LogP contribution >= 0.6 is 0 Å². The lowest BCUT2D eigenvalue weighted by Crippen LogP contribution is -2.64. The van der Waals surface area contributed by atoms with Crippen LogP contribution in [-0.4, -0.2) is 125 Å². The van der Waals surface area contributed by atoms with Gasteiger partial charge in [0.1, 0.15) is 53.0 Å². The lowest BCUT2D eigenvalue weighted by atomic mass is 9.93. The van der Waals surface area contributed by atoms with Crippen LogP contribution in [0.1, 0.15) is 128 Å². The first kappa shape index (κ1) is 59.7. The van der Waals surface area contributed by atoms with Crippen LogP contribution < -0.4 is 58.6 Å². The molecule has 7 unspecified atom stereocenters. The van der Waals surface area contributed by atoms with E-state index in [1.54, 1.807) is 65.0 Å². The average molecular weight is 1010 g/mol. The standard InChI is InChI=1S/C50H80N12O10/c1-27(2)24-35(40(51)64)57-42(66)33-20-16-22-52-41(65)37-26-50(12,62(61-37)32-18-14-13-15-19-32)48(72)53-23-17-21-34(55-45(69)38(29(5)6)54-31(9)63)43(67)58-36(25-28(3)4)44(68)60-49(10,11)47(71)59-39(30(7)8)46(70)56-33/h13-15,18-19,27-30,33-36,38-39H,16-17,20-26H2,1-12H3,(H2,51,64)(H,52,65)(H,53,72)(H,54,63)(H,55,69)(H,56,70)(H,57,66)(H,58,67)(H,59,71)(H,60,68). The Balaban J connectivity index is 2.10. The van der Waals surface area contributed by atoms with Crippen LogP contribution in [0.15, 0.2) is 35.4 Å². The second-order valence-electron chi connectivity index (χ2n) is 21.1. The third-order valence-corrected chi connectivity index (χ3v) is 12.4. The Kier molecular flexibility index (Phi) is 22.2. The van der Waals surface area contributed by atoms with Crippen molar-refractivity contribution in [3.63, 3.8) is 0 Å². The van der Waals surface area contributed by atoms with Crippen molar-refractivity contribution >= 4 is 70.5 Å². The lowest BCUT2D eigenvalue weighted by Gasteiger charge is -2.33. The monoisotopic (exact) mass is 1010 g/mol. The number of primary amides is 1. The van der Waals surface area contributed by atoms with Gasteiger partial charge in [0.25, 0.3) is 5.91 Å². The topological polar surface area (TPSA) is 321 Å². The minimum Gasteiger partial charge on any atom is -0.368 e. The summed E-state index contributed by atoms with van der Waals surface area (Å²) in [4.78, 5) is 137. The molecule has 0 aromatic heterocycles. The van der Waals surface area contributed by atoms with Crippen molar-refractivity contribution in [3.8, 4) is 0 Å². The van der Waals surface area contributed by atoms with E-state index in [0.717, 1.165) is 0 Å². The van der Waals surface area contributed by atoms with Crippen molar-refractivity contribution in [2.75, 3.05) is 18.1 Å². The Morgan fingerprint density at radius 1 is 0.778 bits per heavy atom. The Hall–Kier alpha value is -6.61. The van der Waals surface area contributed by atoms with E-state index in [-0.39, 0.29) is 81.5 Å². The van der Waals surface area contributed by atoms with E-state index in [0.29, 0.717) is 5.69 Å². The third kappa shape index (κ3) is 17.3. The number of nitrogens with one attached hydrogen (secondary N) is 9. The molecule has 1 aromatic rings. The molecule has 2 heterocycles. The average Bonchev–Trinajstić information content (AvgIpc) is 3.66. The highest BCUT2D eigenvalue weighted by atomic mass is 16.2. The van der Waals surface area contributed by atoms with Crippen molar-refractivity contribution in [1.82, 2.24) is 47.9 Å². The summed E-state index contributed by atoms with van der Waals surface area (Å²) < 4.78 is 0. The minimum absolute atomic E-state index is 0.00103. The van der Waals surface area contributed by atoms with E-state index in [4.69, 9.17) is 5.73 Å². The van der Waals surface area contributed by atoms with Crippen molar-refractivity contribution in [2.24, 2.45) is 34.5 Å². The van der Waals surface area contributed by atoms with Crippen molar-refractivity contribution in [1.29, 1.82) is 0 Å². The molecule has 7 atom stereocenters. The van der Waals surface area contributed by atoms with Gasteiger partial charge >= 0.3 is 0 Å². The Morgan fingerprint density at radius 3 is 1.97 bits per heavy atom. The summed E-state index contributed by atoms with van der Waals surface area (Å²) in [5.74, 6) is -7.78. The van der Waals surface area contributed by atoms with E-state index in [1.165, 1.54) is 25.8 Å². The second kappa shape index (κ2) is 26.7. The van der Waals surface area contributed by atoms with E-state index in [9.17, 15) is 47.9 Å². The van der Waals surface area contributed by atoms with Crippen LogP contribution in [0.25, 0.3) is 0 Å². The number of benzene rings is 1. The van der Waals surface area contributed by atoms with Crippen LogP contribution in [0.5, 0.6) is 0 Å². The van der Waals surface area contributed by atoms with E-state index in [2.05, 4.69) is 53.0 Å². The number of hydrogen-bond donors (Lipinski definition) is 10. The SMILES string of the molecule is CC(=O)NC(C(=O)NC1CCCNC(=O)C2(C)CC(=NN2c2ccccc2)C(=O)NCCCC(C(=O)NC(CC(C)C)C(N)=O)NC(=O)C(C(C)C)NC(=O)C(C)(C)NC(=O)C(CC(C)C)NC1=O)C(C)C. The van der Waals surface area contributed by atoms with Crippen LogP contribution in [-0.2, 0) is 47.9 Å². The summed E-state index contributed by atoms with van der Waals surface area (Å²) in [6, 6.07) is 1.71. The molecule has 0 spiro atoms. The van der Waals surface area contributed by atoms with Gasteiger partial charge in [0.05, 0.1) is 5.69 Å². The molecule has 1 fully saturated rings. The molecule has 22 heteroatoms. The molecule has 3 rings (SSSR count). The van der Waals surface area contributed by atoms with Crippen molar-refractivity contribution in [2.45, 2.75) is 175 Å². The number of para-hydroxylation sites is 1. The summed E-state index contributed by atoms with van der Waals surface area (Å²) in [7, 11) is 0. The summed E-state index contributed by atoms with van der Waals surface area (Å²) in [5, 5.41) is 30.7. The fraction of sp³-hybridized carbons (Fsp3) is 0.660. The maximum Gasteiger partial charge on any atom is 0.267 e. The number of hydrazone groups is 1. The van der Waals surface area contributed by atoms with Gasteiger partial charge in [-0.2, -0.15) is 5.10 Å². The number of carbonyl (C=O) groups excluding carboxylic acids is 10. The molecule has 0 radical (unpaired) electrons. The predicted octanol–water partition coefficient (Wildman–Crippen LogP) is 0.531. The van der Waals surface area contributed by atoms with Gasteiger partial charge in [-0.1, -0.05) is 73.6 Å². The van der Waals surface area contributed by atoms with Crippen LogP contribution in [0, 0.1) is 23.7 Å². The van der Waals surface area contributed by atoms with Gasteiger partial charge < -0.3 is 53.6 Å². The van der Waals surface area contributed by atoms with E-state index < -0.39 is 112 Å². The third-order valence-electron chi connectivity index (χ3n) is 12.4. The molecule has 1 saturated heterocycles. The normalized spacial score (nSPS) is 24.2. The number of fused-ring (bicyclic) bond motifs is 2. The summed E-state index contributed by atoms with van der Waals surface area (Å²) in [5.41, 5.74) is 3.11. The summed E-state index contributed by atoms with van der Waals surface area (Å²) in [6.07, 6.45) is 0.436. The molecule has 0 aliphatic carbocycles. The predicted molar refractivity (Wildman–Crippen MR) is 271 cm³/mol. The molecular formula is C50H80N12O10. The van der Waals surface area contributed by atoms with Gasteiger partial charge in [-0.15, -0.1) is 0 Å². The molecule has 2 bridgehead atoms. The zero-order chi connectivity index (χ0) is 54.2. The van der Waals surface area contributed by atoms with Crippen molar-refractivity contribution < 1.29 is 47.9 Å². The van der Waals surface area contributed by atoms with Gasteiger partial charge in [0, 0.05) is 26.4 Å². The van der Waals surface area contributed by atoms with Crippen molar-refractivity contribution in [3.05, 3.63) is 30.3 Å². The van der Waals surface area contributed by atoms with E-state index in [1.807, 2.05) is 27.7 Å². The molecule has 10 amide bonds. The number of carbonyl (C=O) groups is 10. The minimum atomic E-state index is -1.68. The molecule has 11 N–H and O–H groups in total. The first-order valence-corrected chi connectivity index (χ1v) is 25.0. The molecule has 72 heavy (non-hydrogen) atoms. The zero-order valence-electron chi connectivity index (χ0n) is 44.1. The first-order valence-electron chi connectivity index (χ1n) is 25.0. The maximum atomic E-state index is 14.3.